The van der Waals surface area contributed by atoms with E-state index in [1.165, 1.54) is 4.90 Å². The zero-order valence-corrected chi connectivity index (χ0v) is 17.2. The normalized spacial score (nSPS) is 16.4. The highest BCUT2D eigenvalue weighted by Gasteiger charge is 2.35. The Balaban J connectivity index is 1.54. The molecule has 0 saturated carbocycles. The Labute approximate surface area is 175 Å². The second kappa shape index (κ2) is 8.17. The van der Waals surface area contributed by atoms with Crippen LogP contribution in [-0.4, -0.2) is 16.0 Å². The predicted molar refractivity (Wildman–Crippen MR) is 119 cm³/mol. The first-order valence-electron chi connectivity index (χ1n) is 8.75. The molecule has 1 heterocycles. The van der Waals surface area contributed by atoms with Crippen molar-refractivity contribution in [2.75, 3.05) is 0 Å². The van der Waals surface area contributed by atoms with E-state index >= 15 is 0 Å². The number of carbonyl (C=O) groups is 2. The van der Waals surface area contributed by atoms with E-state index in [-0.39, 0.29) is 17.7 Å². The van der Waals surface area contributed by atoms with Crippen LogP contribution >= 0.6 is 27.7 Å². The first-order chi connectivity index (χ1) is 13.6. The number of benzene rings is 3. The Morgan fingerprint density at radius 2 is 1.64 bits per heavy atom. The van der Waals surface area contributed by atoms with Crippen LogP contribution in [-0.2, 0) is 11.3 Å². The number of nitrogens with zero attached hydrogens (tertiary/aromatic N) is 1. The SMILES string of the molecule is O=C1S/C(=C\C(Br)=C\c2ccccc2)C(=O)N1Cc1ccc2ccccc2c1. The summed E-state index contributed by atoms with van der Waals surface area (Å²) in [5, 5.41) is 1.98. The number of allylic oxidation sites excluding steroid dienone is 2. The first-order valence-corrected chi connectivity index (χ1v) is 10.4. The van der Waals surface area contributed by atoms with Crippen molar-refractivity contribution in [2.45, 2.75) is 6.54 Å². The lowest BCUT2D eigenvalue weighted by molar-refractivity contribution is -0.123. The van der Waals surface area contributed by atoms with Crippen LogP contribution in [0.4, 0.5) is 4.79 Å². The summed E-state index contributed by atoms with van der Waals surface area (Å²) in [6.07, 6.45) is 3.62. The van der Waals surface area contributed by atoms with Crippen molar-refractivity contribution in [3.05, 3.63) is 99.4 Å². The van der Waals surface area contributed by atoms with Gasteiger partial charge in [-0.15, -0.1) is 0 Å². The summed E-state index contributed by atoms with van der Waals surface area (Å²) in [5.74, 6) is -0.262. The number of imide groups is 1. The number of amides is 2. The maximum atomic E-state index is 12.7. The Hall–Kier alpha value is -2.63. The zero-order valence-electron chi connectivity index (χ0n) is 14.8. The monoisotopic (exact) mass is 449 g/mol. The molecule has 0 aliphatic carbocycles. The van der Waals surface area contributed by atoms with Gasteiger partial charge in [0.15, 0.2) is 0 Å². The van der Waals surface area contributed by atoms with Crippen molar-refractivity contribution in [1.82, 2.24) is 4.90 Å². The van der Waals surface area contributed by atoms with Crippen molar-refractivity contribution in [1.29, 1.82) is 0 Å². The zero-order chi connectivity index (χ0) is 19.5. The van der Waals surface area contributed by atoms with Gasteiger partial charge in [-0.2, -0.15) is 0 Å². The first kappa shape index (κ1) is 18.7. The molecule has 138 valence electrons. The van der Waals surface area contributed by atoms with Crippen LogP contribution in [0, 0.1) is 0 Å². The number of hydrogen-bond acceptors (Lipinski definition) is 3. The molecule has 0 radical (unpaired) electrons. The van der Waals surface area contributed by atoms with Crippen LogP contribution in [0.3, 0.4) is 0 Å². The van der Waals surface area contributed by atoms with Gasteiger partial charge in [0.25, 0.3) is 11.1 Å². The van der Waals surface area contributed by atoms with Gasteiger partial charge in [-0.25, -0.2) is 0 Å². The summed E-state index contributed by atoms with van der Waals surface area (Å²) >= 11 is 4.45. The Bertz CT molecular complexity index is 1120. The highest BCUT2D eigenvalue weighted by atomic mass is 79.9. The average molecular weight is 450 g/mol. The van der Waals surface area contributed by atoms with E-state index < -0.39 is 0 Å². The Morgan fingerprint density at radius 1 is 0.929 bits per heavy atom. The molecule has 3 aromatic carbocycles. The van der Waals surface area contributed by atoms with Gasteiger partial charge in [-0.3, -0.25) is 14.5 Å². The van der Waals surface area contributed by atoms with Gasteiger partial charge >= 0.3 is 0 Å². The number of carbonyl (C=O) groups excluding carboxylic acids is 2. The van der Waals surface area contributed by atoms with Crippen LogP contribution in [0.1, 0.15) is 11.1 Å². The van der Waals surface area contributed by atoms with E-state index in [9.17, 15) is 9.59 Å². The maximum absolute atomic E-state index is 12.7. The van der Waals surface area contributed by atoms with E-state index in [0.717, 1.165) is 38.1 Å². The summed E-state index contributed by atoms with van der Waals surface area (Å²) in [5.41, 5.74) is 1.95. The van der Waals surface area contributed by atoms with E-state index in [4.69, 9.17) is 0 Å². The fourth-order valence-electron chi connectivity index (χ4n) is 3.03. The fraction of sp³-hybridized carbons (Fsp3) is 0.0435. The number of hydrogen-bond donors (Lipinski definition) is 0. The molecule has 3 nitrogen and oxygen atoms in total. The molecule has 0 atom stereocenters. The van der Waals surface area contributed by atoms with Gasteiger partial charge in [-0.05, 0) is 51.9 Å². The number of rotatable bonds is 4. The molecule has 1 fully saturated rings. The molecule has 1 aliphatic rings. The van der Waals surface area contributed by atoms with Crippen LogP contribution < -0.4 is 0 Å². The van der Waals surface area contributed by atoms with E-state index in [1.54, 1.807) is 6.08 Å². The highest BCUT2D eigenvalue weighted by Crippen LogP contribution is 2.34. The molecule has 0 unspecified atom stereocenters. The fourth-order valence-corrected chi connectivity index (χ4v) is 4.51. The standard InChI is InChI=1S/C23H16BrNO2S/c24-20(13-16-6-2-1-3-7-16)14-21-22(26)25(23(27)28-21)15-17-10-11-18-8-4-5-9-19(18)12-17/h1-14H,15H2/b20-13-,21-14-. The largest absolute Gasteiger partial charge is 0.293 e. The van der Waals surface area contributed by atoms with Crippen LogP contribution in [0.2, 0.25) is 0 Å². The summed E-state index contributed by atoms with van der Waals surface area (Å²) in [6, 6.07) is 23.8. The van der Waals surface area contributed by atoms with E-state index in [1.807, 2.05) is 78.9 Å². The van der Waals surface area contributed by atoms with Crippen molar-refractivity contribution in [2.24, 2.45) is 0 Å². The summed E-state index contributed by atoms with van der Waals surface area (Å²) in [4.78, 5) is 26.9. The van der Waals surface area contributed by atoms with Gasteiger partial charge in [0.2, 0.25) is 0 Å². The third-order valence-electron chi connectivity index (χ3n) is 4.40. The van der Waals surface area contributed by atoms with Crippen molar-refractivity contribution >= 4 is 55.7 Å². The smallest absolute Gasteiger partial charge is 0.268 e. The summed E-state index contributed by atoms with van der Waals surface area (Å²) < 4.78 is 0.745. The van der Waals surface area contributed by atoms with Crippen molar-refractivity contribution in [3.8, 4) is 0 Å². The minimum Gasteiger partial charge on any atom is -0.268 e. The molecular weight excluding hydrogens is 434 g/mol. The topological polar surface area (TPSA) is 37.4 Å². The lowest BCUT2D eigenvalue weighted by atomic mass is 10.1. The number of fused-ring (bicyclic) bond motifs is 1. The molecule has 0 aromatic heterocycles. The van der Waals surface area contributed by atoms with Crippen molar-refractivity contribution in [3.63, 3.8) is 0 Å². The molecule has 0 bridgehead atoms. The predicted octanol–water partition coefficient (Wildman–Crippen LogP) is 6.36. The van der Waals surface area contributed by atoms with Crippen LogP contribution in [0.25, 0.3) is 16.8 Å². The lowest BCUT2D eigenvalue weighted by Gasteiger charge is -2.13. The summed E-state index contributed by atoms with van der Waals surface area (Å²) in [7, 11) is 0. The molecule has 1 saturated heterocycles. The van der Waals surface area contributed by atoms with Crippen LogP contribution in [0.5, 0.6) is 0 Å². The summed E-state index contributed by atoms with van der Waals surface area (Å²) in [6.45, 7) is 0.271. The van der Waals surface area contributed by atoms with Gasteiger partial charge in [-0.1, -0.05) is 82.7 Å². The highest BCUT2D eigenvalue weighted by molar-refractivity contribution is 9.12. The second-order valence-corrected chi connectivity index (χ2v) is 8.30. The van der Waals surface area contributed by atoms with Crippen LogP contribution in [0.15, 0.2) is 88.3 Å². The second-order valence-electron chi connectivity index (χ2n) is 6.39. The molecule has 5 heteroatoms. The number of halogens is 1. The maximum Gasteiger partial charge on any atom is 0.293 e. The molecule has 1 aliphatic heterocycles. The van der Waals surface area contributed by atoms with Gasteiger partial charge in [0.1, 0.15) is 0 Å². The Morgan fingerprint density at radius 3 is 2.43 bits per heavy atom. The third-order valence-corrected chi connectivity index (χ3v) is 5.77. The minimum atomic E-state index is -0.262. The Kier molecular flexibility index (Phi) is 5.46. The molecule has 0 N–H and O–H groups in total. The van der Waals surface area contributed by atoms with Gasteiger partial charge < -0.3 is 0 Å². The lowest BCUT2D eigenvalue weighted by Crippen LogP contribution is -2.27. The quantitative estimate of drug-likeness (QED) is 0.435. The average Bonchev–Trinajstić information content (AvgIpc) is 2.96. The minimum absolute atomic E-state index is 0.246. The van der Waals surface area contributed by atoms with E-state index in [2.05, 4.69) is 15.9 Å². The molecule has 28 heavy (non-hydrogen) atoms. The van der Waals surface area contributed by atoms with Gasteiger partial charge in [0, 0.05) is 4.48 Å². The molecule has 4 rings (SSSR count). The molecule has 3 aromatic rings. The molecule has 0 spiro atoms. The van der Waals surface area contributed by atoms with E-state index in [0.29, 0.717) is 4.91 Å². The van der Waals surface area contributed by atoms with Gasteiger partial charge in [0.05, 0.1) is 11.4 Å². The molecular formula is C23H16BrNO2S. The van der Waals surface area contributed by atoms with Crippen molar-refractivity contribution < 1.29 is 9.59 Å². The third kappa shape index (κ3) is 4.11. The molecule has 2 amide bonds. The number of thioether (sulfide) groups is 1.